The Morgan fingerprint density at radius 3 is 2.45 bits per heavy atom. The first-order valence-electron chi connectivity index (χ1n) is 10.6. The molecule has 33 heavy (non-hydrogen) atoms. The molecule has 0 saturated carbocycles. The molecule has 176 valence electrons. The van der Waals surface area contributed by atoms with Crippen LogP contribution < -0.4 is 4.74 Å². The first kappa shape index (κ1) is 25.1. The molecule has 1 amide bonds. The van der Waals surface area contributed by atoms with Crippen molar-refractivity contribution in [1.82, 2.24) is 4.90 Å². The highest BCUT2D eigenvalue weighted by molar-refractivity contribution is 6.46. The summed E-state index contributed by atoms with van der Waals surface area (Å²) in [6.45, 7) is 6.94. The van der Waals surface area contributed by atoms with Crippen LogP contribution in [0.15, 0.2) is 42.0 Å². The number of ketones is 1. The Kier molecular flexibility index (Phi) is 8.05. The maximum absolute atomic E-state index is 13.0. The number of methoxy groups -OCH3 is 1. The van der Waals surface area contributed by atoms with Gasteiger partial charge in [0.2, 0.25) is 0 Å². The molecule has 0 bridgehead atoms. The number of likely N-dealkylation sites (tertiary alicyclic amines) is 1. The summed E-state index contributed by atoms with van der Waals surface area (Å²) in [5.41, 5.74) is 1.78. The van der Waals surface area contributed by atoms with Gasteiger partial charge in [-0.3, -0.25) is 9.59 Å². The summed E-state index contributed by atoms with van der Waals surface area (Å²) in [4.78, 5) is 27.3. The third-order valence-corrected chi connectivity index (χ3v) is 6.10. The smallest absolute Gasteiger partial charge is 0.295 e. The Morgan fingerprint density at radius 1 is 1.12 bits per heavy atom. The maximum Gasteiger partial charge on any atom is 0.295 e. The number of hydrogen-bond donors (Lipinski definition) is 1. The van der Waals surface area contributed by atoms with Crippen LogP contribution in [0.4, 0.5) is 0 Å². The number of halogens is 2. The first-order chi connectivity index (χ1) is 15.6. The molecule has 1 N–H and O–H groups in total. The van der Waals surface area contributed by atoms with Gasteiger partial charge >= 0.3 is 0 Å². The molecule has 0 radical (unpaired) electrons. The highest BCUT2D eigenvalue weighted by atomic mass is 35.5. The Morgan fingerprint density at radius 2 is 1.85 bits per heavy atom. The molecule has 1 unspecified atom stereocenters. The van der Waals surface area contributed by atoms with Gasteiger partial charge in [-0.15, -0.1) is 0 Å². The van der Waals surface area contributed by atoms with Crippen molar-refractivity contribution in [3.63, 3.8) is 0 Å². The zero-order chi connectivity index (χ0) is 24.3. The first-order valence-corrected chi connectivity index (χ1v) is 11.4. The van der Waals surface area contributed by atoms with E-state index in [0.29, 0.717) is 34.4 Å². The van der Waals surface area contributed by atoms with E-state index in [1.807, 2.05) is 6.92 Å². The molecule has 0 aliphatic carbocycles. The van der Waals surface area contributed by atoms with Crippen molar-refractivity contribution in [3.8, 4) is 5.75 Å². The summed E-state index contributed by atoms with van der Waals surface area (Å²) in [6, 6.07) is 9.22. The minimum Gasteiger partial charge on any atom is -0.507 e. The third kappa shape index (κ3) is 5.35. The quantitative estimate of drug-likeness (QED) is 0.303. The van der Waals surface area contributed by atoms with Crippen LogP contribution in [0.5, 0.6) is 5.75 Å². The lowest BCUT2D eigenvalue weighted by Gasteiger charge is -2.25. The fourth-order valence-electron chi connectivity index (χ4n) is 3.70. The average molecular weight is 492 g/mol. The fraction of sp³-hybridized carbons (Fsp3) is 0.360. The van der Waals surface area contributed by atoms with Crippen molar-refractivity contribution < 1.29 is 24.2 Å². The molecule has 0 spiro atoms. The van der Waals surface area contributed by atoms with Crippen molar-refractivity contribution in [2.75, 3.05) is 26.9 Å². The van der Waals surface area contributed by atoms with Gasteiger partial charge in [0.05, 0.1) is 34.9 Å². The molecule has 1 aliphatic heterocycles. The molecular formula is C25H27Cl2NO5. The second-order valence-corrected chi connectivity index (χ2v) is 9.16. The van der Waals surface area contributed by atoms with Gasteiger partial charge in [0.25, 0.3) is 11.7 Å². The van der Waals surface area contributed by atoms with Crippen molar-refractivity contribution in [1.29, 1.82) is 0 Å². The highest BCUT2D eigenvalue weighted by Gasteiger charge is 2.46. The van der Waals surface area contributed by atoms with Gasteiger partial charge in [-0.1, -0.05) is 43.1 Å². The zero-order valence-corrected chi connectivity index (χ0v) is 20.5. The summed E-state index contributed by atoms with van der Waals surface area (Å²) >= 11 is 12.3. The van der Waals surface area contributed by atoms with E-state index in [-0.39, 0.29) is 29.5 Å². The molecular weight excluding hydrogens is 465 g/mol. The van der Waals surface area contributed by atoms with E-state index in [9.17, 15) is 14.7 Å². The maximum atomic E-state index is 13.0. The van der Waals surface area contributed by atoms with Crippen LogP contribution in [0.1, 0.15) is 36.6 Å². The van der Waals surface area contributed by atoms with Gasteiger partial charge in [0, 0.05) is 19.2 Å². The van der Waals surface area contributed by atoms with E-state index in [1.165, 1.54) is 12.0 Å². The van der Waals surface area contributed by atoms with Gasteiger partial charge in [-0.05, 0) is 54.3 Å². The molecule has 8 heteroatoms. The van der Waals surface area contributed by atoms with E-state index < -0.39 is 17.7 Å². The number of Topliss-reactive ketones (excluding diaryl/α,β-unsaturated/α-hetero) is 1. The van der Waals surface area contributed by atoms with E-state index in [0.717, 1.165) is 5.56 Å². The average Bonchev–Trinajstić information content (AvgIpc) is 3.02. The van der Waals surface area contributed by atoms with E-state index in [2.05, 4.69) is 13.8 Å². The molecule has 1 atom stereocenters. The molecule has 1 fully saturated rings. The predicted octanol–water partition coefficient (Wildman–Crippen LogP) is 5.40. The lowest BCUT2D eigenvalue weighted by atomic mass is 9.95. The molecule has 1 saturated heterocycles. The molecule has 0 aromatic heterocycles. The number of rotatable bonds is 8. The normalized spacial score (nSPS) is 17.8. The number of ether oxygens (including phenoxy) is 2. The zero-order valence-electron chi connectivity index (χ0n) is 19.0. The number of carbonyl (C=O) groups is 2. The number of benzene rings is 2. The van der Waals surface area contributed by atoms with Crippen molar-refractivity contribution in [2.24, 2.45) is 5.92 Å². The standard InChI is InChI=1S/C25H27Cl2NO5/c1-14(2)13-33-20-8-6-17(11-15(20)3)23(29)21-22(16-5-7-18(26)19(27)12-16)28(9-10-32-4)25(31)24(21)30/h5-8,11-12,14,22,29H,9-10,13H2,1-4H3/b23-21+. The Bertz CT molecular complexity index is 1100. The van der Waals surface area contributed by atoms with Crippen LogP contribution in [0, 0.1) is 12.8 Å². The monoisotopic (exact) mass is 491 g/mol. The van der Waals surface area contributed by atoms with Crippen LogP contribution in [0.2, 0.25) is 10.0 Å². The minimum absolute atomic E-state index is 0.00950. The van der Waals surface area contributed by atoms with Crippen LogP contribution in [0.25, 0.3) is 5.76 Å². The van der Waals surface area contributed by atoms with Crippen molar-refractivity contribution in [2.45, 2.75) is 26.8 Å². The largest absolute Gasteiger partial charge is 0.507 e. The lowest BCUT2D eigenvalue weighted by Crippen LogP contribution is -2.32. The Labute approximate surface area is 203 Å². The van der Waals surface area contributed by atoms with Gasteiger partial charge in [0.15, 0.2) is 0 Å². The highest BCUT2D eigenvalue weighted by Crippen LogP contribution is 2.41. The molecule has 3 rings (SSSR count). The van der Waals surface area contributed by atoms with Crippen molar-refractivity contribution >= 4 is 40.7 Å². The van der Waals surface area contributed by atoms with Gasteiger partial charge in [-0.2, -0.15) is 0 Å². The SMILES string of the molecule is COCCN1C(=O)C(=O)/C(=C(/O)c2ccc(OCC(C)C)c(C)c2)C1c1ccc(Cl)c(Cl)c1. The number of nitrogens with zero attached hydrogens (tertiary/aromatic N) is 1. The molecule has 6 nitrogen and oxygen atoms in total. The summed E-state index contributed by atoms with van der Waals surface area (Å²) in [6.07, 6.45) is 0. The number of hydrogen-bond acceptors (Lipinski definition) is 5. The van der Waals surface area contributed by atoms with Crippen LogP contribution in [-0.2, 0) is 14.3 Å². The van der Waals surface area contributed by atoms with E-state index in [1.54, 1.807) is 36.4 Å². The summed E-state index contributed by atoms with van der Waals surface area (Å²) < 4.78 is 10.9. The molecule has 2 aromatic rings. The fourth-order valence-corrected chi connectivity index (χ4v) is 4.01. The number of aliphatic hydroxyl groups excluding tert-OH is 1. The van der Waals surface area contributed by atoms with Crippen LogP contribution in [-0.4, -0.2) is 48.6 Å². The summed E-state index contributed by atoms with van der Waals surface area (Å²) in [7, 11) is 1.51. The second kappa shape index (κ2) is 10.6. The minimum atomic E-state index is -0.827. The van der Waals surface area contributed by atoms with Crippen LogP contribution in [0.3, 0.4) is 0 Å². The van der Waals surface area contributed by atoms with Crippen molar-refractivity contribution in [3.05, 3.63) is 68.7 Å². The topological polar surface area (TPSA) is 76.1 Å². The van der Waals surface area contributed by atoms with Gasteiger partial charge < -0.3 is 19.5 Å². The number of aliphatic hydroxyl groups is 1. The van der Waals surface area contributed by atoms with E-state index >= 15 is 0 Å². The third-order valence-electron chi connectivity index (χ3n) is 5.36. The summed E-state index contributed by atoms with van der Waals surface area (Å²) in [5, 5.41) is 11.8. The number of carbonyl (C=O) groups excluding carboxylic acids is 2. The summed E-state index contributed by atoms with van der Waals surface area (Å²) in [5.74, 6) is -0.674. The van der Waals surface area contributed by atoms with Crippen LogP contribution >= 0.6 is 23.2 Å². The lowest BCUT2D eigenvalue weighted by molar-refractivity contribution is -0.140. The number of aryl methyl sites for hydroxylation is 1. The predicted molar refractivity (Wildman–Crippen MR) is 129 cm³/mol. The van der Waals surface area contributed by atoms with Gasteiger partial charge in [-0.25, -0.2) is 0 Å². The molecule has 1 aliphatic rings. The molecule has 1 heterocycles. The molecule has 2 aromatic carbocycles. The van der Waals surface area contributed by atoms with Gasteiger partial charge in [0.1, 0.15) is 11.5 Å². The second-order valence-electron chi connectivity index (χ2n) is 8.34. The Balaban J connectivity index is 2.10. The number of amides is 1. The van der Waals surface area contributed by atoms with E-state index in [4.69, 9.17) is 32.7 Å². The Hall–Kier alpha value is -2.54.